The number of likely N-dealkylation sites (tertiary alicyclic amines) is 1. The van der Waals surface area contributed by atoms with Crippen LogP contribution in [-0.4, -0.2) is 44.1 Å². The number of amides is 1. The first kappa shape index (κ1) is 13.9. The maximum absolute atomic E-state index is 12.5. The Balaban J connectivity index is 2.17. The third-order valence-corrected chi connectivity index (χ3v) is 4.14. The van der Waals surface area contributed by atoms with Crippen molar-refractivity contribution in [2.24, 2.45) is 0 Å². The highest BCUT2D eigenvalue weighted by molar-refractivity contribution is 7.08. The summed E-state index contributed by atoms with van der Waals surface area (Å²) in [6, 6.07) is -0.203. The van der Waals surface area contributed by atoms with Crippen molar-refractivity contribution >= 4 is 23.4 Å². The maximum atomic E-state index is 12.5. The van der Waals surface area contributed by atoms with Gasteiger partial charge in [0.1, 0.15) is 4.88 Å². The Labute approximate surface area is 115 Å². The first-order valence-corrected chi connectivity index (χ1v) is 7.24. The number of carbonyl (C=O) groups excluding carboxylic acids is 1. The van der Waals surface area contributed by atoms with Gasteiger partial charge in [-0.15, -0.1) is 5.10 Å². The van der Waals surface area contributed by atoms with Crippen LogP contribution in [0.3, 0.4) is 0 Å². The summed E-state index contributed by atoms with van der Waals surface area (Å²) in [4.78, 5) is 25.6. The van der Waals surface area contributed by atoms with Gasteiger partial charge in [-0.2, -0.15) is 0 Å². The molecule has 1 saturated heterocycles. The molecule has 1 aliphatic rings. The zero-order valence-electron chi connectivity index (χ0n) is 10.8. The average Bonchev–Trinajstić information content (AvgIpc) is 2.86. The standard InChI is InChI=1S/C12H17N3O3S/c1-2-9-11(19-14-13-9)12(18)15-6-4-3-5-8(15)7-10(16)17/h8H,2-7H2,1H3,(H,16,17). The topological polar surface area (TPSA) is 83.4 Å². The monoisotopic (exact) mass is 283 g/mol. The van der Waals surface area contributed by atoms with Gasteiger partial charge in [0.25, 0.3) is 5.91 Å². The van der Waals surface area contributed by atoms with Gasteiger partial charge >= 0.3 is 5.97 Å². The number of rotatable bonds is 4. The summed E-state index contributed by atoms with van der Waals surface area (Å²) in [5.41, 5.74) is 0.703. The van der Waals surface area contributed by atoms with Crippen LogP contribution < -0.4 is 0 Å². The van der Waals surface area contributed by atoms with Gasteiger partial charge in [-0.1, -0.05) is 11.4 Å². The molecule has 0 radical (unpaired) electrons. The molecule has 0 aliphatic carbocycles. The quantitative estimate of drug-likeness (QED) is 0.906. The highest BCUT2D eigenvalue weighted by Crippen LogP contribution is 2.24. The van der Waals surface area contributed by atoms with E-state index in [9.17, 15) is 9.59 Å². The molecule has 0 saturated carbocycles. The number of carbonyl (C=O) groups is 2. The van der Waals surface area contributed by atoms with Crippen molar-refractivity contribution in [3.8, 4) is 0 Å². The lowest BCUT2D eigenvalue weighted by atomic mass is 9.99. The van der Waals surface area contributed by atoms with E-state index in [-0.39, 0.29) is 18.4 Å². The fourth-order valence-corrected chi connectivity index (χ4v) is 3.12. The number of hydrogen-bond donors (Lipinski definition) is 1. The van der Waals surface area contributed by atoms with Gasteiger partial charge in [-0.05, 0) is 37.2 Å². The number of piperidine rings is 1. The van der Waals surface area contributed by atoms with E-state index in [0.29, 0.717) is 23.5 Å². The fraction of sp³-hybridized carbons (Fsp3) is 0.667. The van der Waals surface area contributed by atoms with Crippen molar-refractivity contribution in [3.63, 3.8) is 0 Å². The minimum Gasteiger partial charge on any atom is -0.481 e. The van der Waals surface area contributed by atoms with E-state index in [1.807, 2.05) is 6.92 Å². The van der Waals surface area contributed by atoms with Crippen molar-refractivity contribution < 1.29 is 14.7 Å². The SMILES string of the molecule is CCc1nnsc1C(=O)N1CCCCC1CC(=O)O. The highest BCUT2D eigenvalue weighted by Gasteiger charge is 2.31. The molecule has 1 atom stereocenters. The third kappa shape index (κ3) is 3.09. The van der Waals surface area contributed by atoms with Gasteiger partial charge in [0.05, 0.1) is 12.1 Å². The maximum Gasteiger partial charge on any atom is 0.305 e. The van der Waals surface area contributed by atoms with Crippen LogP contribution >= 0.6 is 11.5 Å². The summed E-state index contributed by atoms with van der Waals surface area (Å²) in [7, 11) is 0. The summed E-state index contributed by atoms with van der Waals surface area (Å²) >= 11 is 1.10. The van der Waals surface area contributed by atoms with Crippen LogP contribution in [0.25, 0.3) is 0 Å². The molecule has 1 aromatic heterocycles. The van der Waals surface area contributed by atoms with E-state index in [1.165, 1.54) is 0 Å². The van der Waals surface area contributed by atoms with Gasteiger partial charge in [0.15, 0.2) is 0 Å². The van der Waals surface area contributed by atoms with Gasteiger partial charge in [0, 0.05) is 12.6 Å². The predicted octanol–water partition coefficient (Wildman–Crippen LogP) is 1.57. The summed E-state index contributed by atoms with van der Waals surface area (Å²) < 4.78 is 3.82. The highest BCUT2D eigenvalue weighted by atomic mass is 32.1. The van der Waals surface area contributed by atoms with Gasteiger partial charge in [0.2, 0.25) is 0 Å². The molecule has 0 bridgehead atoms. The van der Waals surface area contributed by atoms with E-state index in [2.05, 4.69) is 9.59 Å². The molecule has 19 heavy (non-hydrogen) atoms. The summed E-state index contributed by atoms with van der Waals surface area (Å²) in [6.45, 7) is 2.55. The van der Waals surface area contributed by atoms with Crippen molar-refractivity contribution in [1.82, 2.24) is 14.5 Å². The molecule has 2 rings (SSSR count). The van der Waals surface area contributed by atoms with E-state index >= 15 is 0 Å². The molecule has 104 valence electrons. The molecule has 6 nitrogen and oxygen atoms in total. The fourth-order valence-electron chi connectivity index (χ4n) is 2.41. The first-order valence-electron chi connectivity index (χ1n) is 6.47. The van der Waals surface area contributed by atoms with Gasteiger partial charge in [-0.25, -0.2) is 0 Å². The molecular weight excluding hydrogens is 266 g/mol. The normalized spacial score (nSPS) is 19.4. The third-order valence-electron chi connectivity index (χ3n) is 3.38. The van der Waals surface area contributed by atoms with Crippen LogP contribution in [0.2, 0.25) is 0 Å². The van der Waals surface area contributed by atoms with Crippen molar-refractivity contribution in [1.29, 1.82) is 0 Å². The Morgan fingerprint density at radius 3 is 2.95 bits per heavy atom. The Morgan fingerprint density at radius 1 is 1.47 bits per heavy atom. The number of aryl methyl sites for hydroxylation is 1. The summed E-state index contributed by atoms with van der Waals surface area (Å²) in [5.74, 6) is -0.972. The number of hydrogen-bond acceptors (Lipinski definition) is 5. The number of aromatic nitrogens is 2. The van der Waals surface area contributed by atoms with Crippen LogP contribution in [0.15, 0.2) is 0 Å². The average molecular weight is 283 g/mol. The van der Waals surface area contributed by atoms with E-state index < -0.39 is 5.97 Å². The molecule has 2 heterocycles. The first-order chi connectivity index (χ1) is 9.13. The van der Waals surface area contributed by atoms with Crippen molar-refractivity contribution in [3.05, 3.63) is 10.6 Å². The Kier molecular flexibility index (Phi) is 4.47. The Morgan fingerprint density at radius 2 is 2.26 bits per heavy atom. The lowest BCUT2D eigenvalue weighted by Gasteiger charge is -2.34. The minimum absolute atomic E-state index is 0.0133. The smallest absolute Gasteiger partial charge is 0.305 e. The molecular formula is C12H17N3O3S. The van der Waals surface area contributed by atoms with Crippen LogP contribution in [-0.2, 0) is 11.2 Å². The number of carboxylic acids is 1. The summed E-state index contributed by atoms with van der Waals surface area (Å²) in [6.07, 6.45) is 3.33. The number of nitrogens with zero attached hydrogens (tertiary/aromatic N) is 3. The van der Waals surface area contributed by atoms with Crippen molar-refractivity contribution in [2.45, 2.75) is 45.1 Å². The van der Waals surface area contributed by atoms with Crippen LogP contribution in [0.5, 0.6) is 0 Å². The van der Waals surface area contributed by atoms with Gasteiger partial charge < -0.3 is 10.0 Å². The second-order valence-corrected chi connectivity index (χ2v) is 5.40. The van der Waals surface area contributed by atoms with E-state index in [4.69, 9.17) is 5.11 Å². The molecule has 7 heteroatoms. The van der Waals surface area contributed by atoms with E-state index in [1.54, 1.807) is 4.90 Å². The molecule has 0 spiro atoms. The molecule has 1 aromatic rings. The molecule has 1 fully saturated rings. The number of aliphatic carboxylic acids is 1. The lowest BCUT2D eigenvalue weighted by Crippen LogP contribution is -2.44. The van der Waals surface area contributed by atoms with Crippen molar-refractivity contribution in [2.75, 3.05) is 6.54 Å². The largest absolute Gasteiger partial charge is 0.481 e. The molecule has 1 N–H and O–H groups in total. The Hall–Kier alpha value is -1.50. The zero-order chi connectivity index (χ0) is 13.8. The number of carboxylic acid groups (broad SMARTS) is 1. The summed E-state index contributed by atoms with van der Waals surface area (Å²) in [5, 5.41) is 12.9. The molecule has 1 unspecified atom stereocenters. The second kappa shape index (κ2) is 6.10. The van der Waals surface area contributed by atoms with Crippen LogP contribution in [0, 0.1) is 0 Å². The van der Waals surface area contributed by atoms with Gasteiger partial charge in [-0.3, -0.25) is 9.59 Å². The Bertz CT molecular complexity index is 475. The predicted molar refractivity (Wildman–Crippen MR) is 70.2 cm³/mol. The zero-order valence-corrected chi connectivity index (χ0v) is 11.7. The van der Waals surface area contributed by atoms with E-state index in [0.717, 1.165) is 30.8 Å². The lowest BCUT2D eigenvalue weighted by molar-refractivity contribution is -0.138. The molecule has 1 aliphatic heterocycles. The van der Waals surface area contributed by atoms with Crippen LogP contribution in [0.1, 0.15) is 48.0 Å². The molecule has 1 amide bonds. The molecule has 0 aromatic carbocycles. The van der Waals surface area contributed by atoms with Crippen LogP contribution in [0.4, 0.5) is 0 Å². The second-order valence-electron chi connectivity index (χ2n) is 4.65. The minimum atomic E-state index is -0.858.